The van der Waals surface area contributed by atoms with Crippen LogP contribution in [0, 0.1) is 0 Å². The SMILES string of the molecule is C[S+]([O-])c1ccc(Cl)cc1C1NC(=O)NC1=O. The van der Waals surface area contributed by atoms with E-state index >= 15 is 0 Å². The van der Waals surface area contributed by atoms with Gasteiger partial charge in [0.1, 0.15) is 12.3 Å². The maximum absolute atomic E-state index is 11.5. The van der Waals surface area contributed by atoms with Crippen LogP contribution in [-0.2, 0) is 16.0 Å². The molecule has 0 radical (unpaired) electrons. The number of amides is 3. The Bertz CT molecular complexity index is 492. The number of carbonyl (C=O) groups is 2. The molecule has 1 saturated heterocycles. The van der Waals surface area contributed by atoms with Crippen LogP contribution in [0.15, 0.2) is 23.1 Å². The van der Waals surface area contributed by atoms with Crippen molar-refractivity contribution in [3.05, 3.63) is 28.8 Å². The molecule has 2 atom stereocenters. The smallest absolute Gasteiger partial charge is 0.322 e. The number of urea groups is 1. The second-order valence-corrected chi connectivity index (χ2v) is 5.32. The van der Waals surface area contributed by atoms with Crippen LogP contribution in [0.1, 0.15) is 11.6 Å². The molecule has 90 valence electrons. The summed E-state index contributed by atoms with van der Waals surface area (Å²) in [5, 5.41) is 4.99. The predicted molar refractivity (Wildman–Crippen MR) is 63.2 cm³/mol. The minimum absolute atomic E-state index is 0.420. The third-order valence-corrected chi connectivity index (χ3v) is 3.59. The zero-order valence-electron chi connectivity index (χ0n) is 8.82. The molecule has 1 heterocycles. The highest BCUT2D eigenvalue weighted by Crippen LogP contribution is 2.27. The Hall–Kier alpha value is -1.24. The van der Waals surface area contributed by atoms with Gasteiger partial charge in [-0.1, -0.05) is 11.6 Å². The van der Waals surface area contributed by atoms with E-state index in [-0.39, 0.29) is 0 Å². The molecule has 2 N–H and O–H groups in total. The molecule has 5 nitrogen and oxygen atoms in total. The number of imide groups is 1. The molecule has 0 saturated carbocycles. The maximum Gasteiger partial charge on any atom is 0.322 e. The Balaban J connectivity index is 2.46. The fourth-order valence-corrected chi connectivity index (χ4v) is 2.59. The Morgan fingerprint density at radius 2 is 2.12 bits per heavy atom. The Labute approximate surface area is 106 Å². The molecular weight excluding hydrogens is 264 g/mol. The number of hydrogen-bond donors (Lipinski definition) is 2. The van der Waals surface area contributed by atoms with E-state index in [1.165, 1.54) is 12.3 Å². The highest BCUT2D eigenvalue weighted by molar-refractivity contribution is 7.90. The van der Waals surface area contributed by atoms with Crippen molar-refractivity contribution in [1.29, 1.82) is 0 Å². The molecule has 0 aliphatic carbocycles. The molecule has 0 bridgehead atoms. The Kier molecular flexibility index (Phi) is 3.28. The van der Waals surface area contributed by atoms with E-state index in [9.17, 15) is 14.1 Å². The van der Waals surface area contributed by atoms with Crippen molar-refractivity contribution >= 4 is 34.7 Å². The standard InChI is InChI=1S/C10H9ClN2O3S/c1-17(16)7-3-2-5(11)4-6(7)8-9(14)13-10(15)12-8/h2-4,8H,1H3,(H2,12,13,14,15). The van der Waals surface area contributed by atoms with Crippen LogP contribution in [0.5, 0.6) is 0 Å². The molecule has 0 spiro atoms. The first kappa shape index (κ1) is 12.2. The number of halogens is 1. The van der Waals surface area contributed by atoms with Gasteiger partial charge in [-0.2, -0.15) is 0 Å². The van der Waals surface area contributed by atoms with E-state index in [0.29, 0.717) is 15.5 Å². The summed E-state index contributed by atoms with van der Waals surface area (Å²) in [7, 11) is 0. The van der Waals surface area contributed by atoms with Gasteiger partial charge < -0.3 is 9.87 Å². The molecule has 1 aliphatic rings. The van der Waals surface area contributed by atoms with Crippen molar-refractivity contribution in [1.82, 2.24) is 10.6 Å². The van der Waals surface area contributed by atoms with Crippen molar-refractivity contribution in [2.45, 2.75) is 10.9 Å². The Morgan fingerprint density at radius 3 is 2.65 bits per heavy atom. The van der Waals surface area contributed by atoms with Gasteiger partial charge in [0.2, 0.25) is 0 Å². The first-order valence-corrected chi connectivity index (χ1v) is 6.67. The molecular formula is C10H9ClN2O3S. The minimum Gasteiger partial charge on any atom is -0.612 e. The van der Waals surface area contributed by atoms with E-state index < -0.39 is 29.2 Å². The summed E-state index contributed by atoms with van der Waals surface area (Å²) in [5.74, 6) is -0.469. The van der Waals surface area contributed by atoms with Crippen LogP contribution >= 0.6 is 11.6 Å². The fourth-order valence-electron chi connectivity index (χ4n) is 1.64. The average Bonchev–Trinajstić information content (AvgIpc) is 2.57. The quantitative estimate of drug-likeness (QED) is 0.621. The second-order valence-electron chi connectivity index (χ2n) is 3.53. The van der Waals surface area contributed by atoms with Crippen LogP contribution in [0.25, 0.3) is 0 Å². The third-order valence-electron chi connectivity index (χ3n) is 2.37. The Morgan fingerprint density at radius 1 is 1.41 bits per heavy atom. The van der Waals surface area contributed by atoms with Gasteiger partial charge in [-0.3, -0.25) is 10.1 Å². The van der Waals surface area contributed by atoms with Crippen molar-refractivity contribution < 1.29 is 14.1 Å². The first-order chi connectivity index (χ1) is 7.99. The summed E-state index contributed by atoms with van der Waals surface area (Å²) in [6.45, 7) is 0. The van der Waals surface area contributed by atoms with Gasteiger partial charge in [-0.15, -0.1) is 0 Å². The lowest BCUT2D eigenvalue weighted by Crippen LogP contribution is -2.22. The minimum atomic E-state index is -1.26. The highest BCUT2D eigenvalue weighted by atomic mass is 35.5. The third kappa shape index (κ3) is 2.38. The van der Waals surface area contributed by atoms with Crippen LogP contribution < -0.4 is 10.6 Å². The second kappa shape index (κ2) is 4.56. The molecule has 1 fully saturated rings. The van der Waals surface area contributed by atoms with E-state index in [1.54, 1.807) is 12.1 Å². The fraction of sp³-hybridized carbons (Fsp3) is 0.200. The van der Waals surface area contributed by atoms with Gasteiger partial charge >= 0.3 is 6.03 Å². The zero-order valence-corrected chi connectivity index (χ0v) is 10.4. The predicted octanol–water partition coefficient (Wildman–Crippen LogP) is 0.958. The van der Waals surface area contributed by atoms with Gasteiger partial charge in [0.15, 0.2) is 4.90 Å². The topological polar surface area (TPSA) is 81.3 Å². The number of nitrogens with one attached hydrogen (secondary N) is 2. The van der Waals surface area contributed by atoms with E-state index in [2.05, 4.69) is 10.6 Å². The molecule has 2 rings (SSSR count). The van der Waals surface area contributed by atoms with E-state index in [1.807, 2.05) is 0 Å². The summed E-state index contributed by atoms with van der Waals surface area (Å²) in [6.07, 6.45) is 1.50. The van der Waals surface area contributed by atoms with Crippen LogP contribution in [0.2, 0.25) is 5.02 Å². The lowest BCUT2D eigenvalue weighted by atomic mass is 10.1. The number of rotatable bonds is 2. The molecule has 2 unspecified atom stereocenters. The van der Waals surface area contributed by atoms with Crippen LogP contribution in [-0.4, -0.2) is 22.7 Å². The summed E-state index contributed by atoms with van der Waals surface area (Å²) in [5.41, 5.74) is 0.460. The first-order valence-electron chi connectivity index (χ1n) is 4.73. The van der Waals surface area contributed by atoms with Gasteiger partial charge in [0.05, 0.1) is 0 Å². The monoisotopic (exact) mass is 272 g/mol. The van der Waals surface area contributed by atoms with Crippen molar-refractivity contribution in [3.8, 4) is 0 Å². The largest absolute Gasteiger partial charge is 0.612 e. The van der Waals surface area contributed by atoms with Crippen LogP contribution in [0.3, 0.4) is 0 Å². The van der Waals surface area contributed by atoms with Crippen molar-refractivity contribution in [3.63, 3.8) is 0 Å². The zero-order chi connectivity index (χ0) is 12.6. The summed E-state index contributed by atoms with van der Waals surface area (Å²) < 4.78 is 11.5. The summed E-state index contributed by atoms with van der Waals surface area (Å²) in [4.78, 5) is 23.1. The van der Waals surface area contributed by atoms with Gasteiger partial charge in [0, 0.05) is 10.6 Å². The molecule has 1 aliphatic heterocycles. The number of hydrogen-bond acceptors (Lipinski definition) is 3. The van der Waals surface area contributed by atoms with Crippen molar-refractivity contribution in [2.75, 3.05) is 6.26 Å². The highest BCUT2D eigenvalue weighted by Gasteiger charge is 2.34. The average molecular weight is 273 g/mol. The molecule has 3 amide bonds. The van der Waals surface area contributed by atoms with Crippen LogP contribution in [0.4, 0.5) is 4.79 Å². The molecule has 7 heteroatoms. The van der Waals surface area contributed by atoms with Gasteiger partial charge in [-0.05, 0) is 29.4 Å². The van der Waals surface area contributed by atoms with Crippen molar-refractivity contribution in [2.24, 2.45) is 0 Å². The lowest BCUT2D eigenvalue weighted by molar-refractivity contribution is -0.120. The number of benzene rings is 1. The van der Waals surface area contributed by atoms with Gasteiger partial charge in [0.25, 0.3) is 5.91 Å². The lowest BCUT2D eigenvalue weighted by Gasteiger charge is -2.14. The normalized spacial score (nSPS) is 21.0. The summed E-state index contributed by atoms with van der Waals surface area (Å²) >= 11 is 4.58. The molecule has 1 aromatic rings. The van der Waals surface area contributed by atoms with E-state index in [0.717, 1.165) is 0 Å². The van der Waals surface area contributed by atoms with E-state index in [4.69, 9.17) is 11.6 Å². The summed E-state index contributed by atoms with van der Waals surface area (Å²) in [6, 6.07) is 3.32. The maximum atomic E-state index is 11.5. The molecule has 17 heavy (non-hydrogen) atoms. The van der Waals surface area contributed by atoms with Gasteiger partial charge in [-0.25, -0.2) is 4.79 Å². The molecule has 0 aromatic heterocycles. The molecule has 1 aromatic carbocycles. The number of carbonyl (C=O) groups excluding carboxylic acids is 2.